The first-order chi connectivity index (χ1) is 12.3. The average molecular weight is 375 g/mol. The minimum absolute atomic E-state index is 0.121. The maximum atomic E-state index is 12.5. The van der Waals surface area contributed by atoms with Gasteiger partial charge in [0.2, 0.25) is 0 Å². The SMILES string of the molecule is CCc1ccc(NS(=O)(=O)c2ccc(C(=O)NCCC(C)C)cc2)cc1. The highest BCUT2D eigenvalue weighted by Gasteiger charge is 2.15. The van der Waals surface area contributed by atoms with E-state index in [9.17, 15) is 13.2 Å². The molecule has 0 aromatic heterocycles. The van der Waals surface area contributed by atoms with Gasteiger partial charge in [0.05, 0.1) is 4.90 Å². The molecule has 0 saturated carbocycles. The summed E-state index contributed by atoms with van der Waals surface area (Å²) in [5, 5.41) is 2.84. The summed E-state index contributed by atoms with van der Waals surface area (Å²) in [6.07, 6.45) is 1.80. The van der Waals surface area contributed by atoms with E-state index < -0.39 is 10.0 Å². The fraction of sp³-hybridized carbons (Fsp3) is 0.350. The molecule has 5 nitrogen and oxygen atoms in total. The molecule has 26 heavy (non-hydrogen) atoms. The molecule has 0 radical (unpaired) electrons. The molecule has 2 rings (SSSR count). The minimum Gasteiger partial charge on any atom is -0.352 e. The molecular formula is C20H26N2O3S. The van der Waals surface area contributed by atoms with E-state index in [1.165, 1.54) is 24.3 Å². The highest BCUT2D eigenvalue weighted by molar-refractivity contribution is 7.92. The number of hydrogen-bond acceptors (Lipinski definition) is 3. The maximum Gasteiger partial charge on any atom is 0.261 e. The number of nitrogens with one attached hydrogen (secondary N) is 2. The number of benzene rings is 2. The van der Waals surface area contributed by atoms with Crippen molar-refractivity contribution in [1.82, 2.24) is 5.32 Å². The molecule has 0 fully saturated rings. The number of carbonyl (C=O) groups excluding carboxylic acids is 1. The molecule has 2 aromatic rings. The molecule has 2 N–H and O–H groups in total. The topological polar surface area (TPSA) is 75.3 Å². The molecular weight excluding hydrogens is 348 g/mol. The molecule has 0 atom stereocenters. The molecule has 0 bridgehead atoms. The lowest BCUT2D eigenvalue weighted by molar-refractivity contribution is 0.0952. The molecule has 0 spiro atoms. The van der Waals surface area contributed by atoms with Crippen LogP contribution < -0.4 is 10.0 Å². The molecule has 0 aliphatic heterocycles. The van der Waals surface area contributed by atoms with E-state index >= 15 is 0 Å². The first-order valence-electron chi connectivity index (χ1n) is 8.82. The number of anilines is 1. The van der Waals surface area contributed by atoms with Crippen molar-refractivity contribution in [3.05, 3.63) is 59.7 Å². The average Bonchev–Trinajstić information content (AvgIpc) is 2.62. The van der Waals surface area contributed by atoms with Crippen molar-refractivity contribution in [2.45, 2.75) is 38.5 Å². The second kappa shape index (κ2) is 8.85. The summed E-state index contributed by atoms with van der Waals surface area (Å²) in [4.78, 5) is 12.2. The second-order valence-corrected chi connectivity index (χ2v) is 8.30. The lowest BCUT2D eigenvalue weighted by Gasteiger charge is -2.10. The summed E-state index contributed by atoms with van der Waals surface area (Å²) in [6, 6.07) is 13.2. The standard InChI is InChI=1S/C20H26N2O3S/c1-4-16-5-9-18(10-6-16)22-26(24,25)19-11-7-17(8-12-19)20(23)21-14-13-15(2)3/h5-12,15,22H,4,13-14H2,1-3H3,(H,21,23). The third kappa shape index (κ3) is 5.59. The van der Waals surface area contributed by atoms with Gasteiger partial charge in [0.25, 0.3) is 15.9 Å². The van der Waals surface area contributed by atoms with Gasteiger partial charge in [0.1, 0.15) is 0 Å². The molecule has 6 heteroatoms. The number of carbonyl (C=O) groups is 1. The van der Waals surface area contributed by atoms with Gasteiger partial charge in [-0.3, -0.25) is 9.52 Å². The van der Waals surface area contributed by atoms with Crippen molar-refractivity contribution in [3.8, 4) is 0 Å². The lowest BCUT2D eigenvalue weighted by Crippen LogP contribution is -2.25. The smallest absolute Gasteiger partial charge is 0.261 e. The van der Waals surface area contributed by atoms with Gasteiger partial charge >= 0.3 is 0 Å². The van der Waals surface area contributed by atoms with Crippen LogP contribution in [0.2, 0.25) is 0 Å². The Morgan fingerprint density at radius 2 is 1.62 bits per heavy atom. The predicted molar refractivity (Wildman–Crippen MR) is 105 cm³/mol. The number of amides is 1. The number of hydrogen-bond donors (Lipinski definition) is 2. The fourth-order valence-electron chi connectivity index (χ4n) is 2.38. The summed E-state index contributed by atoms with van der Waals surface area (Å²) in [5.41, 5.74) is 2.10. The monoisotopic (exact) mass is 374 g/mol. The van der Waals surface area contributed by atoms with Crippen LogP contribution in [0.4, 0.5) is 5.69 Å². The van der Waals surface area contributed by atoms with Crippen LogP contribution in [0.3, 0.4) is 0 Å². The quantitative estimate of drug-likeness (QED) is 0.737. The first kappa shape index (κ1) is 20.0. The van der Waals surface area contributed by atoms with Crippen LogP contribution in [-0.4, -0.2) is 20.9 Å². The Hall–Kier alpha value is -2.34. The normalized spacial score (nSPS) is 11.4. The van der Waals surface area contributed by atoms with Crippen molar-refractivity contribution < 1.29 is 13.2 Å². The van der Waals surface area contributed by atoms with Crippen LogP contribution in [-0.2, 0) is 16.4 Å². The highest BCUT2D eigenvalue weighted by Crippen LogP contribution is 2.17. The third-order valence-corrected chi connectivity index (χ3v) is 5.45. The van der Waals surface area contributed by atoms with Gasteiger partial charge in [-0.25, -0.2) is 8.42 Å². The van der Waals surface area contributed by atoms with Crippen LogP contribution in [0.1, 0.15) is 43.1 Å². The first-order valence-corrected chi connectivity index (χ1v) is 10.3. The Morgan fingerprint density at radius 3 is 2.15 bits per heavy atom. The molecule has 140 valence electrons. The van der Waals surface area contributed by atoms with E-state index in [1.807, 2.05) is 19.1 Å². The van der Waals surface area contributed by atoms with Crippen LogP contribution in [0, 0.1) is 5.92 Å². The summed E-state index contributed by atoms with van der Waals surface area (Å²) >= 11 is 0. The summed E-state index contributed by atoms with van der Waals surface area (Å²) < 4.78 is 27.5. The molecule has 0 heterocycles. The zero-order chi connectivity index (χ0) is 19.2. The molecule has 0 aliphatic rings. The van der Waals surface area contributed by atoms with E-state index in [-0.39, 0.29) is 10.8 Å². The summed E-state index contributed by atoms with van der Waals surface area (Å²) in [5.74, 6) is 0.318. The van der Waals surface area contributed by atoms with Gasteiger partial charge < -0.3 is 5.32 Å². The van der Waals surface area contributed by atoms with Crippen LogP contribution in [0.5, 0.6) is 0 Å². The van der Waals surface area contributed by atoms with E-state index in [0.717, 1.165) is 18.4 Å². The van der Waals surface area contributed by atoms with Gasteiger partial charge in [-0.2, -0.15) is 0 Å². The maximum absolute atomic E-state index is 12.5. The van der Waals surface area contributed by atoms with Crippen LogP contribution >= 0.6 is 0 Å². The van der Waals surface area contributed by atoms with Crippen molar-refractivity contribution in [3.63, 3.8) is 0 Å². The van der Waals surface area contributed by atoms with E-state index in [2.05, 4.69) is 23.9 Å². The van der Waals surface area contributed by atoms with Gasteiger partial charge in [-0.15, -0.1) is 0 Å². The molecule has 0 aliphatic carbocycles. The van der Waals surface area contributed by atoms with Crippen molar-refractivity contribution in [1.29, 1.82) is 0 Å². The van der Waals surface area contributed by atoms with Crippen LogP contribution in [0.25, 0.3) is 0 Å². The van der Waals surface area contributed by atoms with Gasteiger partial charge in [0.15, 0.2) is 0 Å². The van der Waals surface area contributed by atoms with Crippen molar-refractivity contribution in [2.75, 3.05) is 11.3 Å². The number of aryl methyl sites for hydroxylation is 1. The zero-order valence-corrected chi connectivity index (χ0v) is 16.3. The van der Waals surface area contributed by atoms with Crippen molar-refractivity contribution in [2.24, 2.45) is 5.92 Å². The Bertz CT molecular complexity index is 826. The Labute approximate surface area is 155 Å². The Balaban J connectivity index is 2.04. The van der Waals surface area contributed by atoms with Gasteiger partial charge in [-0.05, 0) is 60.7 Å². The van der Waals surface area contributed by atoms with Crippen molar-refractivity contribution >= 4 is 21.6 Å². The number of sulfonamides is 1. The molecule has 2 aromatic carbocycles. The lowest BCUT2D eigenvalue weighted by atomic mass is 10.1. The van der Waals surface area contributed by atoms with E-state index in [4.69, 9.17) is 0 Å². The van der Waals surface area contributed by atoms with E-state index in [1.54, 1.807) is 12.1 Å². The zero-order valence-electron chi connectivity index (χ0n) is 15.5. The fourth-order valence-corrected chi connectivity index (χ4v) is 3.44. The highest BCUT2D eigenvalue weighted by atomic mass is 32.2. The van der Waals surface area contributed by atoms with Gasteiger partial charge in [0, 0.05) is 17.8 Å². The molecule has 0 saturated heterocycles. The Morgan fingerprint density at radius 1 is 1.00 bits per heavy atom. The largest absolute Gasteiger partial charge is 0.352 e. The molecule has 0 unspecified atom stereocenters. The third-order valence-electron chi connectivity index (χ3n) is 4.05. The van der Waals surface area contributed by atoms with E-state index in [0.29, 0.717) is 23.7 Å². The second-order valence-electron chi connectivity index (χ2n) is 6.62. The summed E-state index contributed by atoms with van der Waals surface area (Å²) in [6.45, 7) is 6.83. The summed E-state index contributed by atoms with van der Waals surface area (Å²) in [7, 11) is -3.69. The van der Waals surface area contributed by atoms with Crippen LogP contribution in [0.15, 0.2) is 53.4 Å². The molecule has 1 amide bonds. The predicted octanol–water partition coefficient (Wildman–Crippen LogP) is 3.83. The number of rotatable bonds is 8. The van der Waals surface area contributed by atoms with Gasteiger partial charge in [-0.1, -0.05) is 32.9 Å². The minimum atomic E-state index is -3.69. The Kier molecular flexibility index (Phi) is 6.80.